The van der Waals surface area contributed by atoms with E-state index in [4.69, 9.17) is 0 Å². The van der Waals surface area contributed by atoms with Crippen molar-refractivity contribution in [2.45, 2.75) is 25.4 Å². The lowest BCUT2D eigenvalue weighted by Gasteiger charge is -2.22. The molecule has 0 aromatic heterocycles. The third-order valence-corrected chi connectivity index (χ3v) is 4.35. The monoisotopic (exact) mass is 303 g/mol. The van der Waals surface area contributed by atoms with Crippen LogP contribution in [0.1, 0.15) is 18.4 Å². The van der Waals surface area contributed by atoms with Crippen LogP contribution in [0, 0.1) is 5.82 Å². The van der Waals surface area contributed by atoms with Crippen LogP contribution in [0.25, 0.3) is 0 Å². The lowest BCUT2D eigenvalue weighted by Crippen LogP contribution is -2.32. The Labute approximate surface area is 108 Å². The van der Waals surface area contributed by atoms with Gasteiger partial charge < -0.3 is 5.32 Å². The minimum absolute atomic E-state index is 0.124. The van der Waals surface area contributed by atoms with Crippen LogP contribution in [0.4, 0.5) is 4.39 Å². The summed E-state index contributed by atoms with van der Waals surface area (Å²) in [6.07, 6.45) is 2.39. The Kier molecular flexibility index (Phi) is 4.67. The highest BCUT2D eigenvalue weighted by Crippen LogP contribution is 2.19. The maximum Gasteiger partial charge on any atom is 0.127 e. The Balaban J connectivity index is 1.90. The van der Waals surface area contributed by atoms with Crippen molar-refractivity contribution in [2.24, 2.45) is 0 Å². The molecule has 88 valence electrons. The van der Waals surface area contributed by atoms with Gasteiger partial charge in [-0.3, -0.25) is 0 Å². The van der Waals surface area contributed by atoms with E-state index in [-0.39, 0.29) is 5.82 Å². The highest BCUT2D eigenvalue weighted by Gasteiger charge is 2.13. The van der Waals surface area contributed by atoms with Gasteiger partial charge in [0.2, 0.25) is 0 Å². The van der Waals surface area contributed by atoms with E-state index >= 15 is 0 Å². The molecule has 1 aromatic carbocycles. The second-order valence-corrected chi connectivity index (χ2v) is 6.14. The smallest absolute Gasteiger partial charge is 0.127 e. The Hall–Kier alpha value is -0.0600. The van der Waals surface area contributed by atoms with Crippen LogP contribution in [0.5, 0.6) is 0 Å². The molecule has 1 N–H and O–H groups in total. The summed E-state index contributed by atoms with van der Waals surface area (Å²) in [4.78, 5) is 0. The average molecular weight is 304 g/mol. The van der Waals surface area contributed by atoms with Gasteiger partial charge in [0, 0.05) is 22.6 Å². The van der Waals surface area contributed by atoms with Gasteiger partial charge in [-0.05, 0) is 42.5 Å². The molecular weight excluding hydrogens is 289 g/mol. The number of hydrogen-bond acceptors (Lipinski definition) is 2. The number of benzene rings is 1. The molecule has 4 heteroatoms. The van der Waals surface area contributed by atoms with E-state index in [2.05, 4.69) is 21.2 Å². The third kappa shape index (κ3) is 3.47. The molecule has 1 heterocycles. The van der Waals surface area contributed by atoms with Crippen molar-refractivity contribution in [2.75, 3.05) is 11.5 Å². The first kappa shape index (κ1) is 12.4. The van der Waals surface area contributed by atoms with E-state index < -0.39 is 0 Å². The van der Waals surface area contributed by atoms with Crippen LogP contribution in [0.3, 0.4) is 0 Å². The number of nitrogens with one attached hydrogen (secondary N) is 1. The normalized spacial score (nSPS) is 17.6. The molecule has 0 amide bonds. The number of rotatable bonds is 3. The van der Waals surface area contributed by atoms with Gasteiger partial charge in [0.05, 0.1) is 0 Å². The quantitative estimate of drug-likeness (QED) is 0.916. The van der Waals surface area contributed by atoms with Crippen molar-refractivity contribution in [1.82, 2.24) is 5.32 Å². The van der Waals surface area contributed by atoms with Crippen molar-refractivity contribution in [3.63, 3.8) is 0 Å². The molecule has 0 atom stereocenters. The van der Waals surface area contributed by atoms with E-state index in [0.29, 0.717) is 12.6 Å². The van der Waals surface area contributed by atoms with Crippen LogP contribution in [0.15, 0.2) is 22.7 Å². The van der Waals surface area contributed by atoms with Gasteiger partial charge >= 0.3 is 0 Å². The molecular formula is C12H15BrFNS. The van der Waals surface area contributed by atoms with Gasteiger partial charge in [0.1, 0.15) is 5.82 Å². The lowest BCUT2D eigenvalue weighted by molar-refractivity contribution is 0.473. The first-order valence-electron chi connectivity index (χ1n) is 5.51. The molecule has 0 spiro atoms. The van der Waals surface area contributed by atoms with E-state index in [9.17, 15) is 4.39 Å². The first-order chi connectivity index (χ1) is 7.75. The van der Waals surface area contributed by atoms with Gasteiger partial charge in [0.15, 0.2) is 0 Å². The molecule has 0 bridgehead atoms. The Morgan fingerprint density at radius 1 is 1.38 bits per heavy atom. The van der Waals surface area contributed by atoms with Crippen molar-refractivity contribution in [1.29, 1.82) is 0 Å². The topological polar surface area (TPSA) is 12.0 Å². The maximum absolute atomic E-state index is 13.5. The van der Waals surface area contributed by atoms with Crippen LogP contribution in [0.2, 0.25) is 0 Å². The molecule has 0 radical (unpaired) electrons. The van der Waals surface area contributed by atoms with Gasteiger partial charge in [-0.2, -0.15) is 11.8 Å². The molecule has 16 heavy (non-hydrogen) atoms. The lowest BCUT2D eigenvalue weighted by atomic mass is 10.1. The molecule has 1 aliphatic rings. The zero-order valence-electron chi connectivity index (χ0n) is 9.01. The van der Waals surface area contributed by atoms with Crippen LogP contribution < -0.4 is 5.32 Å². The van der Waals surface area contributed by atoms with Crippen molar-refractivity contribution < 1.29 is 4.39 Å². The zero-order chi connectivity index (χ0) is 11.4. The summed E-state index contributed by atoms with van der Waals surface area (Å²) in [5.41, 5.74) is 0.743. The predicted octanol–water partition coefficient (Wildman–Crippen LogP) is 3.57. The standard InChI is InChI=1S/C12H15BrFNS/c13-10-1-2-12(14)9(7-10)8-15-11-3-5-16-6-4-11/h1-2,7,11,15H,3-6,8H2. The van der Waals surface area contributed by atoms with Gasteiger partial charge in [-0.1, -0.05) is 15.9 Å². The van der Waals surface area contributed by atoms with E-state index in [1.54, 1.807) is 6.07 Å². The highest BCUT2D eigenvalue weighted by atomic mass is 79.9. The molecule has 0 unspecified atom stereocenters. The van der Waals surface area contributed by atoms with Crippen molar-refractivity contribution in [3.05, 3.63) is 34.1 Å². The second kappa shape index (κ2) is 6.03. The fraction of sp³-hybridized carbons (Fsp3) is 0.500. The summed E-state index contributed by atoms with van der Waals surface area (Å²) in [5, 5.41) is 3.43. The third-order valence-electron chi connectivity index (χ3n) is 2.81. The zero-order valence-corrected chi connectivity index (χ0v) is 11.4. The molecule has 1 aliphatic heterocycles. The fourth-order valence-electron chi connectivity index (χ4n) is 1.83. The summed E-state index contributed by atoms with van der Waals surface area (Å²) < 4.78 is 14.4. The number of hydrogen-bond donors (Lipinski definition) is 1. The molecule has 1 saturated heterocycles. The molecule has 1 fully saturated rings. The van der Waals surface area contributed by atoms with Gasteiger partial charge in [-0.15, -0.1) is 0 Å². The van der Waals surface area contributed by atoms with Gasteiger partial charge in [0.25, 0.3) is 0 Å². The van der Waals surface area contributed by atoms with Crippen LogP contribution in [-0.4, -0.2) is 17.5 Å². The fourth-order valence-corrected chi connectivity index (χ4v) is 3.35. The van der Waals surface area contributed by atoms with Crippen LogP contribution >= 0.6 is 27.7 Å². The van der Waals surface area contributed by atoms with Crippen molar-refractivity contribution in [3.8, 4) is 0 Å². The first-order valence-corrected chi connectivity index (χ1v) is 7.45. The van der Waals surface area contributed by atoms with E-state index in [1.165, 1.54) is 30.4 Å². The minimum atomic E-state index is -0.124. The SMILES string of the molecule is Fc1ccc(Br)cc1CNC1CCSCC1. The molecule has 1 nitrogen and oxygen atoms in total. The molecule has 1 aromatic rings. The maximum atomic E-state index is 13.5. The Bertz CT molecular complexity index is 353. The molecule has 2 rings (SSSR count). The summed E-state index contributed by atoms with van der Waals surface area (Å²) in [7, 11) is 0. The summed E-state index contributed by atoms with van der Waals surface area (Å²) >= 11 is 5.37. The molecule has 0 aliphatic carbocycles. The van der Waals surface area contributed by atoms with Crippen LogP contribution in [-0.2, 0) is 6.54 Å². The predicted molar refractivity (Wildman–Crippen MR) is 71.3 cm³/mol. The Morgan fingerprint density at radius 3 is 2.88 bits per heavy atom. The number of halogens is 2. The summed E-state index contributed by atoms with van der Waals surface area (Å²) in [6, 6.07) is 5.65. The second-order valence-electron chi connectivity index (χ2n) is 4.00. The summed E-state index contributed by atoms with van der Waals surface area (Å²) in [5.74, 6) is 2.32. The van der Waals surface area contributed by atoms with E-state index in [1.807, 2.05) is 17.8 Å². The molecule has 0 saturated carbocycles. The highest BCUT2D eigenvalue weighted by molar-refractivity contribution is 9.10. The number of thioether (sulfide) groups is 1. The van der Waals surface area contributed by atoms with Gasteiger partial charge in [-0.25, -0.2) is 4.39 Å². The average Bonchev–Trinajstić information content (AvgIpc) is 2.32. The minimum Gasteiger partial charge on any atom is -0.310 e. The largest absolute Gasteiger partial charge is 0.310 e. The van der Waals surface area contributed by atoms with E-state index in [0.717, 1.165) is 10.0 Å². The summed E-state index contributed by atoms with van der Waals surface area (Å²) in [6.45, 7) is 0.626. The van der Waals surface area contributed by atoms with Crippen molar-refractivity contribution >= 4 is 27.7 Å². The Morgan fingerprint density at radius 2 is 2.12 bits per heavy atom.